The van der Waals surface area contributed by atoms with Crippen LogP contribution < -0.4 is 4.74 Å². The van der Waals surface area contributed by atoms with Crippen molar-refractivity contribution in [1.82, 2.24) is 9.38 Å². The fourth-order valence-electron chi connectivity index (χ4n) is 1.92. The van der Waals surface area contributed by atoms with Crippen molar-refractivity contribution in [3.05, 3.63) is 54.6 Å². The summed E-state index contributed by atoms with van der Waals surface area (Å²) in [6.07, 6.45) is 3.65. The summed E-state index contributed by atoms with van der Waals surface area (Å²) in [5.74, 6) is 1.32. The molecule has 0 bridgehead atoms. The third kappa shape index (κ3) is 1.72. The summed E-state index contributed by atoms with van der Waals surface area (Å²) in [6.45, 7) is 0. The molecule has 3 rings (SSSR count). The highest BCUT2D eigenvalue weighted by atomic mass is 19.1. The summed E-state index contributed by atoms with van der Waals surface area (Å²) < 4.78 is 20.0. The number of rotatable bonds is 2. The lowest BCUT2D eigenvalue weighted by molar-refractivity contribution is 0.414. The van der Waals surface area contributed by atoms with E-state index in [9.17, 15) is 4.39 Å². The molecule has 0 radical (unpaired) electrons. The van der Waals surface area contributed by atoms with E-state index >= 15 is 0 Å². The van der Waals surface area contributed by atoms with E-state index in [2.05, 4.69) is 4.98 Å². The summed E-state index contributed by atoms with van der Waals surface area (Å²) in [6, 6.07) is 10.1. The topological polar surface area (TPSA) is 26.5 Å². The van der Waals surface area contributed by atoms with Crippen molar-refractivity contribution in [1.29, 1.82) is 0 Å². The molecular weight excluding hydrogens is 231 g/mol. The second-order valence-electron chi connectivity index (χ2n) is 3.95. The van der Waals surface area contributed by atoms with Crippen molar-refractivity contribution >= 4 is 5.52 Å². The van der Waals surface area contributed by atoms with Crippen LogP contribution in [0.2, 0.25) is 0 Å². The number of benzene rings is 1. The molecule has 4 heteroatoms. The van der Waals surface area contributed by atoms with Gasteiger partial charge in [-0.3, -0.25) is 4.40 Å². The molecule has 0 atom stereocenters. The van der Waals surface area contributed by atoms with Crippen LogP contribution in [-0.4, -0.2) is 16.5 Å². The number of pyridine rings is 1. The van der Waals surface area contributed by atoms with E-state index in [1.165, 1.54) is 12.1 Å². The van der Waals surface area contributed by atoms with E-state index in [-0.39, 0.29) is 5.82 Å². The predicted molar refractivity (Wildman–Crippen MR) is 67.1 cm³/mol. The van der Waals surface area contributed by atoms with Gasteiger partial charge in [-0.25, -0.2) is 9.37 Å². The molecule has 0 N–H and O–H groups in total. The van der Waals surface area contributed by atoms with Crippen LogP contribution in [0, 0.1) is 5.82 Å². The SMILES string of the molecule is COc1ccn2c(-c3ccc(F)cc3)ncc2c1. The number of halogens is 1. The van der Waals surface area contributed by atoms with E-state index in [0.717, 1.165) is 22.7 Å². The zero-order valence-electron chi connectivity index (χ0n) is 9.80. The number of methoxy groups -OCH3 is 1. The van der Waals surface area contributed by atoms with Gasteiger partial charge < -0.3 is 4.74 Å². The average Bonchev–Trinajstić information content (AvgIpc) is 2.82. The van der Waals surface area contributed by atoms with Crippen LogP contribution in [0.4, 0.5) is 4.39 Å². The maximum atomic E-state index is 12.9. The van der Waals surface area contributed by atoms with Gasteiger partial charge in [0.15, 0.2) is 0 Å². The number of hydrogen-bond acceptors (Lipinski definition) is 2. The minimum atomic E-state index is -0.249. The fourth-order valence-corrected chi connectivity index (χ4v) is 1.92. The first-order chi connectivity index (χ1) is 8.78. The minimum absolute atomic E-state index is 0.249. The molecule has 90 valence electrons. The van der Waals surface area contributed by atoms with Crippen molar-refractivity contribution in [3.63, 3.8) is 0 Å². The molecule has 0 aliphatic carbocycles. The van der Waals surface area contributed by atoms with Crippen LogP contribution in [0.15, 0.2) is 48.8 Å². The number of fused-ring (bicyclic) bond motifs is 1. The van der Waals surface area contributed by atoms with Gasteiger partial charge in [-0.2, -0.15) is 0 Å². The van der Waals surface area contributed by atoms with Gasteiger partial charge in [0.25, 0.3) is 0 Å². The molecule has 1 aromatic carbocycles. The van der Waals surface area contributed by atoms with Crippen molar-refractivity contribution in [2.24, 2.45) is 0 Å². The lowest BCUT2D eigenvalue weighted by Crippen LogP contribution is -1.90. The number of aromatic nitrogens is 2. The largest absolute Gasteiger partial charge is 0.497 e. The Morgan fingerprint density at radius 1 is 1.17 bits per heavy atom. The van der Waals surface area contributed by atoms with E-state index < -0.39 is 0 Å². The molecule has 2 aromatic heterocycles. The molecule has 0 amide bonds. The summed E-state index contributed by atoms with van der Waals surface area (Å²) in [5, 5.41) is 0. The van der Waals surface area contributed by atoms with E-state index in [1.54, 1.807) is 25.4 Å². The van der Waals surface area contributed by atoms with Crippen LogP contribution in [-0.2, 0) is 0 Å². The van der Waals surface area contributed by atoms with Crippen molar-refractivity contribution in [2.45, 2.75) is 0 Å². The summed E-state index contributed by atoms with van der Waals surface area (Å²) in [7, 11) is 1.63. The van der Waals surface area contributed by atoms with E-state index in [1.807, 2.05) is 22.7 Å². The van der Waals surface area contributed by atoms with Crippen LogP contribution in [0.3, 0.4) is 0 Å². The maximum Gasteiger partial charge on any atom is 0.144 e. The molecule has 3 aromatic rings. The Bertz CT molecular complexity index is 689. The Labute approximate surface area is 103 Å². The Balaban J connectivity index is 2.15. The summed E-state index contributed by atoms with van der Waals surface area (Å²) in [4.78, 5) is 4.36. The number of ether oxygens (including phenoxy) is 1. The van der Waals surface area contributed by atoms with Gasteiger partial charge in [0.05, 0.1) is 18.8 Å². The summed E-state index contributed by atoms with van der Waals surface area (Å²) >= 11 is 0. The number of nitrogens with zero attached hydrogens (tertiary/aromatic N) is 2. The predicted octanol–water partition coefficient (Wildman–Crippen LogP) is 3.15. The zero-order chi connectivity index (χ0) is 12.5. The number of hydrogen-bond donors (Lipinski definition) is 0. The van der Waals surface area contributed by atoms with Gasteiger partial charge >= 0.3 is 0 Å². The molecule has 0 fully saturated rings. The lowest BCUT2D eigenvalue weighted by atomic mass is 10.2. The van der Waals surface area contributed by atoms with Gasteiger partial charge in [-0.15, -0.1) is 0 Å². The van der Waals surface area contributed by atoms with Gasteiger partial charge in [0.2, 0.25) is 0 Å². The molecule has 0 aliphatic heterocycles. The first-order valence-corrected chi connectivity index (χ1v) is 5.55. The molecule has 0 aliphatic rings. The minimum Gasteiger partial charge on any atom is -0.497 e. The van der Waals surface area contributed by atoms with Gasteiger partial charge in [-0.1, -0.05) is 0 Å². The highest BCUT2D eigenvalue weighted by Crippen LogP contribution is 2.22. The molecule has 3 nitrogen and oxygen atoms in total. The third-order valence-electron chi connectivity index (χ3n) is 2.84. The van der Waals surface area contributed by atoms with Gasteiger partial charge in [0.1, 0.15) is 17.4 Å². The summed E-state index contributed by atoms with van der Waals surface area (Å²) in [5.41, 5.74) is 1.82. The highest BCUT2D eigenvalue weighted by Gasteiger charge is 2.06. The fraction of sp³-hybridized carbons (Fsp3) is 0.0714. The van der Waals surface area contributed by atoms with Crippen LogP contribution in [0.1, 0.15) is 0 Å². The normalized spacial score (nSPS) is 10.8. The van der Waals surface area contributed by atoms with Crippen molar-refractivity contribution in [2.75, 3.05) is 7.11 Å². The molecular formula is C14H11FN2O. The highest BCUT2D eigenvalue weighted by molar-refractivity contribution is 5.63. The molecule has 0 saturated carbocycles. The van der Waals surface area contributed by atoms with Gasteiger partial charge in [-0.05, 0) is 30.3 Å². The van der Waals surface area contributed by atoms with Gasteiger partial charge in [0, 0.05) is 17.8 Å². The first-order valence-electron chi connectivity index (χ1n) is 5.55. The van der Waals surface area contributed by atoms with Crippen LogP contribution >= 0.6 is 0 Å². The molecule has 2 heterocycles. The Morgan fingerprint density at radius 2 is 1.94 bits per heavy atom. The quantitative estimate of drug-likeness (QED) is 0.690. The second kappa shape index (κ2) is 4.14. The molecule has 0 unspecified atom stereocenters. The standard InChI is InChI=1S/C14H11FN2O/c1-18-13-6-7-17-12(8-13)9-16-14(17)10-2-4-11(15)5-3-10/h2-9H,1H3. The molecule has 18 heavy (non-hydrogen) atoms. The monoisotopic (exact) mass is 242 g/mol. The number of imidazole rings is 1. The van der Waals surface area contributed by atoms with E-state index in [4.69, 9.17) is 4.74 Å². The Hall–Kier alpha value is -2.36. The Kier molecular flexibility index (Phi) is 2.48. The smallest absolute Gasteiger partial charge is 0.144 e. The molecule has 0 saturated heterocycles. The second-order valence-corrected chi connectivity index (χ2v) is 3.95. The van der Waals surface area contributed by atoms with Crippen LogP contribution in [0.5, 0.6) is 5.75 Å². The van der Waals surface area contributed by atoms with Crippen LogP contribution in [0.25, 0.3) is 16.9 Å². The zero-order valence-corrected chi connectivity index (χ0v) is 9.80. The first kappa shape index (κ1) is 10.8. The Morgan fingerprint density at radius 3 is 2.67 bits per heavy atom. The maximum absolute atomic E-state index is 12.9. The van der Waals surface area contributed by atoms with Crippen molar-refractivity contribution in [3.8, 4) is 17.1 Å². The van der Waals surface area contributed by atoms with E-state index in [0.29, 0.717) is 0 Å². The average molecular weight is 242 g/mol. The third-order valence-corrected chi connectivity index (χ3v) is 2.84. The van der Waals surface area contributed by atoms with Crippen molar-refractivity contribution < 1.29 is 9.13 Å². The lowest BCUT2D eigenvalue weighted by Gasteiger charge is -2.03. The molecule has 0 spiro atoms.